The molecule has 1 saturated heterocycles. The topological polar surface area (TPSA) is 54.3 Å². The third-order valence-electron chi connectivity index (χ3n) is 2.88. The van der Waals surface area contributed by atoms with E-state index in [2.05, 4.69) is 10.6 Å². The third kappa shape index (κ3) is 3.10. The zero-order valence-electron chi connectivity index (χ0n) is 9.37. The predicted octanol–water partition coefficient (Wildman–Crippen LogP) is 1.08. The highest BCUT2D eigenvalue weighted by Gasteiger charge is 2.19. The molecule has 88 valence electrons. The van der Waals surface area contributed by atoms with E-state index in [1.54, 1.807) is 6.26 Å². The van der Waals surface area contributed by atoms with Gasteiger partial charge < -0.3 is 15.1 Å². The second kappa shape index (κ2) is 5.70. The van der Waals surface area contributed by atoms with E-state index in [-0.39, 0.29) is 11.9 Å². The molecule has 4 nitrogen and oxygen atoms in total. The van der Waals surface area contributed by atoms with Crippen LogP contribution in [0.25, 0.3) is 0 Å². The summed E-state index contributed by atoms with van der Waals surface area (Å²) in [6, 6.07) is 3.79. The summed E-state index contributed by atoms with van der Waals surface area (Å²) in [6.45, 7) is 1.60. The van der Waals surface area contributed by atoms with Crippen molar-refractivity contribution in [2.45, 2.75) is 31.7 Å². The minimum atomic E-state index is 0.00495. The molecule has 0 spiro atoms. The number of hydrogen-bond donors (Lipinski definition) is 2. The van der Waals surface area contributed by atoms with Crippen LogP contribution >= 0.6 is 0 Å². The van der Waals surface area contributed by atoms with Crippen LogP contribution in [0.2, 0.25) is 0 Å². The van der Waals surface area contributed by atoms with Crippen molar-refractivity contribution in [2.75, 3.05) is 13.1 Å². The van der Waals surface area contributed by atoms with Gasteiger partial charge >= 0.3 is 0 Å². The van der Waals surface area contributed by atoms with Gasteiger partial charge in [0.1, 0.15) is 5.76 Å². The van der Waals surface area contributed by atoms with Gasteiger partial charge in [-0.1, -0.05) is 6.42 Å². The third-order valence-corrected chi connectivity index (χ3v) is 2.88. The molecule has 1 amide bonds. The lowest BCUT2D eigenvalue weighted by Gasteiger charge is -2.22. The van der Waals surface area contributed by atoms with Gasteiger partial charge in [0.15, 0.2) is 0 Å². The molecular weight excluding hydrogens is 204 g/mol. The Hall–Kier alpha value is -1.29. The molecule has 1 atom stereocenters. The van der Waals surface area contributed by atoms with Crippen molar-refractivity contribution in [3.8, 4) is 0 Å². The van der Waals surface area contributed by atoms with Crippen molar-refractivity contribution >= 4 is 5.91 Å². The Morgan fingerprint density at radius 3 is 3.19 bits per heavy atom. The molecule has 0 aromatic carbocycles. The Morgan fingerprint density at radius 2 is 2.50 bits per heavy atom. The van der Waals surface area contributed by atoms with Crippen LogP contribution in [0.1, 0.15) is 25.0 Å². The minimum Gasteiger partial charge on any atom is -0.469 e. The molecule has 1 fully saturated rings. The maximum Gasteiger partial charge on any atom is 0.237 e. The SMILES string of the molecule is O=C(NCCc1ccco1)[C@H]1CCCCN1. The number of carbonyl (C=O) groups is 1. The van der Waals surface area contributed by atoms with Crippen molar-refractivity contribution in [1.82, 2.24) is 10.6 Å². The quantitative estimate of drug-likeness (QED) is 0.801. The largest absolute Gasteiger partial charge is 0.469 e. The van der Waals surface area contributed by atoms with Gasteiger partial charge in [-0.25, -0.2) is 0 Å². The first-order valence-corrected chi connectivity index (χ1v) is 5.90. The van der Waals surface area contributed by atoms with Crippen molar-refractivity contribution in [3.63, 3.8) is 0 Å². The fourth-order valence-electron chi connectivity index (χ4n) is 1.96. The summed E-state index contributed by atoms with van der Waals surface area (Å²) < 4.78 is 5.19. The van der Waals surface area contributed by atoms with Gasteiger partial charge in [0, 0.05) is 13.0 Å². The number of furan rings is 1. The van der Waals surface area contributed by atoms with Gasteiger partial charge in [0.05, 0.1) is 12.3 Å². The molecule has 1 aliphatic rings. The lowest BCUT2D eigenvalue weighted by Crippen LogP contribution is -2.47. The molecule has 2 heterocycles. The van der Waals surface area contributed by atoms with Crippen LogP contribution in [-0.4, -0.2) is 25.0 Å². The van der Waals surface area contributed by atoms with Gasteiger partial charge in [-0.3, -0.25) is 4.79 Å². The molecule has 2 N–H and O–H groups in total. The summed E-state index contributed by atoms with van der Waals surface area (Å²) in [5.41, 5.74) is 0. The average molecular weight is 222 g/mol. The number of nitrogens with one attached hydrogen (secondary N) is 2. The standard InChI is InChI=1S/C12H18N2O2/c15-12(11-5-1-2-7-13-11)14-8-6-10-4-3-9-16-10/h3-4,9,11,13H,1-2,5-8H2,(H,14,15)/t11-/m1/s1. The van der Waals surface area contributed by atoms with Gasteiger partial charge in [0.2, 0.25) is 5.91 Å². The summed E-state index contributed by atoms with van der Waals surface area (Å²) in [5, 5.41) is 6.16. The van der Waals surface area contributed by atoms with E-state index in [1.807, 2.05) is 12.1 Å². The average Bonchev–Trinajstić information content (AvgIpc) is 2.83. The maximum absolute atomic E-state index is 11.7. The Kier molecular flexibility index (Phi) is 3.99. The summed E-state index contributed by atoms with van der Waals surface area (Å²) in [7, 11) is 0. The molecule has 16 heavy (non-hydrogen) atoms. The van der Waals surface area contributed by atoms with Crippen LogP contribution in [0.3, 0.4) is 0 Å². The molecule has 0 radical (unpaired) electrons. The second-order valence-electron chi connectivity index (χ2n) is 4.12. The Morgan fingerprint density at radius 1 is 1.56 bits per heavy atom. The first-order valence-electron chi connectivity index (χ1n) is 5.90. The van der Waals surface area contributed by atoms with Crippen LogP contribution in [-0.2, 0) is 11.2 Å². The van der Waals surface area contributed by atoms with Crippen molar-refractivity contribution < 1.29 is 9.21 Å². The Bertz CT molecular complexity index is 316. The number of hydrogen-bond acceptors (Lipinski definition) is 3. The van der Waals surface area contributed by atoms with E-state index in [4.69, 9.17) is 4.42 Å². The van der Waals surface area contributed by atoms with E-state index in [1.165, 1.54) is 6.42 Å². The molecule has 0 unspecified atom stereocenters. The molecular formula is C12H18N2O2. The van der Waals surface area contributed by atoms with Gasteiger partial charge in [-0.2, -0.15) is 0 Å². The highest BCUT2D eigenvalue weighted by atomic mass is 16.3. The fraction of sp³-hybridized carbons (Fsp3) is 0.583. The van der Waals surface area contributed by atoms with Crippen molar-refractivity contribution in [3.05, 3.63) is 24.2 Å². The van der Waals surface area contributed by atoms with Gasteiger partial charge in [-0.15, -0.1) is 0 Å². The van der Waals surface area contributed by atoms with Crippen molar-refractivity contribution in [1.29, 1.82) is 0 Å². The summed E-state index contributed by atoms with van der Waals surface area (Å²) >= 11 is 0. The number of carbonyl (C=O) groups excluding carboxylic acids is 1. The first kappa shape index (κ1) is 11.2. The van der Waals surface area contributed by atoms with Crippen LogP contribution in [0.4, 0.5) is 0 Å². The molecule has 1 aromatic rings. The van der Waals surface area contributed by atoms with Crippen LogP contribution in [0.15, 0.2) is 22.8 Å². The van der Waals surface area contributed by atoms with Crippen molar-refractivity contribution in [2.24, 2.45) is 0 Å². The Labute approximate surface area is 95.4 Å². The van der Waals surface area contributed by atoms with Gasteiger partial charge in [0.25, 0.3) is 0 Å². The molecule has 0 aliphatic carbocycles. The summed E-state index contributed by atoms with van der Waals surface area (Å²) in [4.78, 5) is 11.7. The smallest absolute Gasteiger partial charge is 0.237 e. The number of amides is 1. The normalized spacial score (nSPS) is 20.6. The number of piperidine rings is 1. The maximum atomic E-state index is 11.7. The Balaban J connectivity index is 1.67. The van der Waals surface area contributed by atoms with Gasteiger partial charge in [-0.05, 0) is 31.5 Å². The lowest BCUT2D eigenvalue weighted by molar-refractivity contribution is -0.123. The zero-order chi connectivity index (χ0) is 11.2. The highest BCUT2D eigenvalue weighted by molar-refractivity contribution is 5.81. The molecule has 1 aromatic heterocycles. The van der Waals surface area contributed by atoms with Crippen LogP contribution in [0.5, 0.6) is 0 Å². The minimum absolute atomic E-state index is 0.00495. The molecule has 2 rings (SSSR count). The van der Waals surface area contributed by atoms with E-state index in [0.29, 0.717) is 6.54 Å². The number of rotatable bonds is 4. The van der Waals surface area contributed by atoms with E-state index >= 15 is 0 Å². The fourth-order valence-corrected chi connectivity index (χ4v) is 1.96. The monoisotopic (exact) mass is 222 g/mol. The first-order chi connectivity index (χ1) is 7.86. The summed E-state index contributed by atoms with van der Waals surface area (Å²) in [5.74, 6) is 1.03. The molecule has 0 bridgehead atoms. The zero-order valence-corrected chi connectivity index (χ0v) is 9.37. The summed E-state index contributed by atoms with van der Waals surface area (Å²) in [6.07, 6.45) is 5.68. The van der Waals surface area contributed by atoms with Crippen LogP contribution < -0.4 is 10.6 Å². The molecule has 0 saturated carbocycles. The van der Waals surface area contributed by atoms with Crippen LogP contribution in [0, 0.1) is 0 Å². The van der Waals surface area contributed by atoms with E-state index in [0.717, 1.165) is 31.6 Å². The molecule has 4 heteroatoms. The highest BCUT2D eigenvalue weighted by Crippen LogP contribution is 2.06. The second-order valence-corrected chi connectivity index (χ2v) is 4.12. The lowest BCUT2D eigenvalue weighted by atomic mass is 10.0. The predicted molar refractivity (Wildman–Crippen MR) is 61.1 cm³/mol. The molecule has 1 aliphatic heterocycles. The van der Waals surface area contributed by atoms with E-state index < -0.39 is 0 Å². The van der Waals surface area contributed by atoms with E-state index in [9.17, 15) is 4.79 Å².